The molecule has 1 saturated heterocycles. The first kappa shape index (κ1) is 12.8. The Labute approximate surface area is 107 Å². The van der Waals surface area contributed by atoms with Crippen molar-refractivity contribution < 1.29 is 4.39 Å². The number of nitrogens with one attached hydrogen (secondary N) is 1. The van der Waals surface area contributed by atoms with Crippen molar-refractivity contribution in [1.29, 1.82) is 0 Å². The maximum atomic E-state index is 13.8. The van der Waals surface area contributed by atoms with Crippen LogP contribution in [-0.2, 0) is 6.42 Å². The second-order valence-corrected chi connectivity index (χ2v) is 5.65. The van der Waals surface area contributed by atoms with Crippen molar-refractivity contribution in [3.8, 4) is 0 Å². The molecule has 1 aliphatic rings. The Morgan fingerprint density at radius 3 is 2.94 bits per heavy atom. The van der Waals surface area contributed by atoms with Gasteiger partial charge in [-0.25, -0.2) is 4.39 Å². The molecular weight excluding hydrogens is 237 g/mol. The molecule has 1 aromatic carbocycles. The Hall–Kier alpha value is -0.600. The van der Waals surface area contributed by atoms with E-state index >= 15 is 0 Å². The van der Waals surface area contributed by atoms with Gasteiger partial charge in [0.1, 0.15) is 5.82 Å². The highest BCUT2D eigenvalue weighted by atomic mass is 35.5. The van der Waals surface area contributed by atoms with Gasteiger partial charge in [-0.2, -0.15) is 0 Å². The van der Waals surface area contributed by atoms with Crippen LogP contribution in [0.1, 0.15) is 38.2 Å². The van der Waals surface area contributed by atoms with E-state index in [1.807, 2.05) is 0 Å². The van der Waals surface area contributed by atoms with Gasteiger partial charge in [0.15, 0.2) is 0 Å². The predicted molar refractivity (Wildman–Crippen MR) is 70.0 cm³/mol. The molecule has 1 heterocycles. The van der Waals surface area contributed by atoms with Crippen molar-refractivity contribution in [3.63, 3.8) is 0 Å². The van der Waals surface area contributed by atoms with E-state index in [1.54, 1.807) is 12.1 Å². The molecule has 0 saturated carbocycles. The summed E-state index contributed by atoms with van der Waals surface area (Å²) < 4.78 is 13.8. The fourth-order valence-corrected chi connectivity index (χ4v) is 2.69. The Kier molecular flexibility index (Phi) is 4.05. The van der Waals surface area contributed by atoms with Gasteiger partial charge in [-0.1, -0.05) is 30.5 Å². The van der Waals surface area contributed by atoms with Gasteiger partial charge in [0, 0.05) is 10.6 Å². The summed E-state index contributed by atoms with van der Waals surface area (Å²) in [7, 11) is 0. The molecule has 1 N–H and O–H groups in total. The van der Waals surface area contributed by atoms with Crippen LogP contribution in [0.2, 0.25) is 5.02 Å². The van der Waals surface area contributed by atoms with Crippen LogP contribution in [0, 0.1) is 5.82 Å². The van der Waals surface area contributed by atoms with Crippen LogP contribution in [0.5, 0.6) is 0 Å². The Bertz CT molecular complexity index is 384. The monoisotopic (exact) mass is 255 g/mol. The molecule has 1 nitrogen and oxygen atoms in total. The third-order valence-corrected chi connectivity index (χ3v) is 3.79. The van der Waals surface area contributed by atoms with Crippen LogP contribution < -0.4 is 5.32 Å². The first-order valence-electron chi connectivity index (χ1n) is 6.28. The second-order valence-electron chi connectivity index (χ2n) is 5.21. The largest absolute Gasteiger partial charge is 0.311 e. The summed E-state index contributed by atoms with van der Waals surface area (Å²) in [4.78, 5) is 0. The van der Waals surface area contributed by atoms with E-state index in [4.69, 9.17) is 11.6 Å². The number of hydrogen-bond acceptors (Lipinski definition) is 1. The van der Waals surface area contributed by atoms with Crippen molar-refractivity contribution in [3.05, 3.63) is 34.6 Å². The summed E-state index contributed by atoms with van der Waals surface area (Å²) in [5.41, 5.74) is 0.775. The van der Waals surface area contributed by atoms with Crippen LogP contribution in [0.4, 0.5) is 4.39 Å². The average Bonchev–Trinajstić information content (AvgIpc) is 2.48. The third kappa shape index (κ3) is 3.43. The SMILES string of the molecule is CC1(Cc2ccc(Cl)cc2F)CCCCCN1. The smallest absolute Gasteiger partial charge is 0.127 e. The summed E-state index contributed by atoms with van der Waals surface area (Å²) in [5, 5.41) is 4.01. The summed E-state index contributed by atoms with van der Waals surface area (Å²) in [5.74, 6) is -0.190. The van der Waals surface area contributed by atoms with Crippen LogP contribution in [-0.4, -0.2) is 12.1 Å². The maximum Gasteiger partial charge on any atom is 0.127 e. The highest BCUT2D eigenvalue weighted by molar-refractivity contribution is 6.30. The van der Waals surface area contributed by atoms with Crippen LogP contribution >= 0.6 is 11.6 Å². The number of benzene rings is 1. The van der Waals surface area contributed by atoms with Gasteiger partial charge in [0.25, 0.3) is 0 Å². The minimum Gasteiger partial charge on any atom is -0.311 e. The summed E-state index contributed by atoms with van der Waals surface area (Å²) >= 11 is 5.76. The van der Waals surface area contributed by atoms with Crippen molar-refractivity contribution in [2.24, 2.45) is 0 Å². The number of rotatable bonds is 2. The molecule has 0 amide bonds. The van der Waals surface area contributed by atoms with E-state index in [0.717, 1.165) is 24.9 Å². The maximum absolute atomic E-state index is 13.8. The van der Waals surface area contributed by atoms with Crippen LogP contribution in [0.3, 0.4) is 0 Å². The average molecular weight is 256 g/mol. The van der Waals surface area contributed by atoms with E-state index in [2.05, 4.69) is 12.2 Å². The molecule has 0 aliphatic carbocycles. The molecule has 0 radical (unpaired) electrons. The van der Waals surface area contributed by atoms with Gasteiger partial charge in [-0.05, 0) is 50.4 Å². The molecule has 3 heteroatoms. The molecule has 17 heavy (non-hydrogen) atoms. The molecule has 0 aromatic heterocycles. The van der Waals surface area contributed by atoms with Crippen LogP contribution in [0.15, 0.2) is 18.2 Å². The fraction of sp³-hybridized carbons (Fsp3) is 0.571. The van der Waals surface area contributed by atoms with Crippen LogP contribution in [0.25, 0.3) is 0 Å². The molecule has 1 atom stereocenters. The molecule has 1 fully saturated rings. The van der Waals surface area contributed by atoms with E-state index in [1.165, 1.54) is 25.3 Å². The highest BCUT2D eigenvalue weighted by Crippen LogP contribution is 2.25. The minimum absolute atomic E-state index is 0.0190. The van der Waals surface area contributed by atoms with E-state index in [0.29, 0.717) is 5.02 Å². The molecule has 2 rings (SSSR count). The molecule has 94 valence electrons. The normalized spacial score (nSPS) is 25.6. The van der Waals surface area contributed by atoms with Crippen molar-refractivity contribution >= 4 is 11.6 Å². The highest BCUT2D eigenvalue weighted by Gasteiger charge is 2.26. The summed E-state index contributed by atoms with van der Waals surface area (Å²) in [6.45, 7) is 3.22. The second kappa shape index (κ2) is 5.36. The van der Waals surface area contributed by atoms with Gasteiger partial charge in [-0.3, -0.25) is 0 Å². The standard InChI is InChI=1S/C14H19ClFN/c1-14(7-3-2-4-8-17-14)10-11-5-6-12(15)9-13(11)16/h5-6,9,17H,2-4,7-8,10H2,1H3. The van der Waals surface area contributed by atoms with Crippen molar-refractivity contribution in [1.82, 2.24) is 5.32 Å². The first-order valence-corrected chi connectivity index (χ1v) is 6.66. The predicted octanol–water partition coefficient (Wildman–Crippen LogP) is 3.94. The van der Waals surface area contributed by atoms with E-state index < -0.39 is 0 Å². The Morgan fingerprint density at radius 1 is 1.35 bits per heavy atom. The lowest BCUT2D eigenvalue weighted by Crippen LogP contribution is -2.43. The molecular formula is C14H19ClFN. The van der Waals surface area contributed by atoms with Gasteiger partial charge >= 0.3 is 0 Å². The molecule has 1 unspecified atom stereocenters. The zero-order valence-corrected chi connectivity index (χ0v) is 11.0. The van der Waals surface area contributed by atoms with Crippen molar-refractivity contribution in [2.45, 2.75) is 44.6 Å². The first-order chi connectivity index (χ1) is 8.09. The van der Waals surface area contributed by atoms with Gasteiger partial charge in [0.2, 0.25) is 0 Å². The minimum atomic E-state index is -0.190. The van der Waals surface area contributed by atoms with E-state index in [-0.39, 0.29) is 11.4 Å². The zero-order valence-electron chi connectivity index (χ0n) is 10.2. The summed E-state index contributed by atoms with van der Waals surface area (Å²) in [6.07, 6.45) is 5.55. The number of halogens is 2. The lowest BCUT2D eigenvalue weighted by Gasteiger charge is -2.29. The molecule has 1 aliphatic heterocycles. The topological polar surface area (TPSA) is 12.0 Å². The number of hydrogen-bond donors (Lipinski definition) is 1. The Balaban J connectivity index is 2.12. The molecule has 1 aromatic rings. The fourth-order valence-electron chi connectivity index (χ4n) is 2.53. The molecule has 0 bridgehead atoms. The summed E-state index contributed by atoms with van der Waals surface area (Å²) in [6, 6.07) is 4.96. The quantitative estimate of drug-likeness (QED) is 0.844. The molecule has 0 spiro atoms. The van der Waals surface area contributed by atoms with Gasteiger partial charge < -0.3 is 5.32 Å². The van der Waals surface area contributed by atoms with E-state index in [9.17, 15) is 4.39 Å². The zero-order chi connectivity index (χ0) is 12.3. The lowest BCUT2D eigenvalue weighted by molar-refractivity contribution is 0.341. The lowest BCUT2D eigenvalue weighted by atomic mass is 9.88. The van der Waals surface area contributed by atoms with Gasteiger partial charge in [-0.15, -0.1) is 0 Å². The Morgan fingerprint density at radius 2 is 2.18 bits per heavy atom. The van der Waals surface area contributed by atoms with Gasteiger partial charge in [0.05, 0.1) is 0 Å². The van der Waals surface area contributed by atoms with Crippen molar-refractivity contribution in [2.75, 3.05) is 6.54 Å². The third-order valence-electron chi connectivity index (χ3n) is 3.55.